The molecule has 1 aromatic rings. The highest BCUT2D eigenvalue weighted by molar-refractivity contribution is 9.10. The minimum Gasteiger partial charge on any atom is -0.444 e. The summed E-state index contributed by atoms with van der Waals surface area (Å²) in [4.78, 5) is 16.1. The molecule has 4 nitrogen and oxygen atoms in total. The van der Waals surface area contributed by atoms with Gasteiger partial charge in [0.2, 0.25) is 0 Å². The standard InChI is InChI=1S/C17H24BrFN2O2/c1-17(2,3)23-16(22)21-8-6-20(7-9-21)5-4-13-10-14(18)12-15(19)11-13/h10-12H,4-9H2,1-3H3. The minimum atomic E-state index is -0.459. The van der Waals surface area contributed by atoms with Crippen LogP contribution in [0.3, 0.4) is 0 Å². The number of carbonyl (C=O) groups is 1. The van der Waals surface area contributed by atoms with Crippen LogP contribution >= 0.6 is 15.9 Å². The first-order valence-electron chi connectivity index (χ1n) is 7.88. The van der Waals surface area contributed by atoms with Crippen LogP contribution in [0.25, 0.3) is 0 Å². The lowest BCUT2D eigenvalue weighted by molar-refractivity contribution is 0.0146. The van der Waals surface area contributed by atoms with Crippen molar-refractivity contribution < 1.29 is 13.9 Å². The van der Waals surface area contributed by atoms with Crippen molar-refractivity contribution in [2.24, 2.45) is 0 Å². The maximum atomic E-state index is 13.4. The number of ether oxygens (including phenoxy) is 1. The predicted octanol–water partition coefficient (Wildman–Crippen LogP) is 3.68. The largest absolute Gasteiger partial charge is 0.444 e. The molecule has 0 aromatic heterocycles. The van der Waals surface area contributed by atoms with Crippen molar-refractivity contribution in [3.63, 3.8) is 0 Å². The van der Waals surface area contributed by atoms with Gasteiger partial charge in [0.15, 0.2) is 0 Å². The Balaban J connectivity index is 1.77. The Kier molecular flexibility index (Phi) is 6.03. The quantitative estimate of drug-likeness (QED) is 0.793. The summed E-state index contributed by atoms with van der Waals surface area (Å²) < 4.78 is 19.5. The fraction of sp³-hybridized carbons (Fsp3) is 0.588. The monoisotopic (exact) mass is 386 g/mol. The average molecular weight is 387 g/mol. The Morgan fingerprint density at radius 1 is 1.22 bits per heavy atom. The molecular formula is C17H24BrFN2O2. The third-order valence-electron chi connectivity index (χ3n) is 3.66. The van der Waals surface area contributed by atoms with Crippen molar-refractivity contribution in [3.05, 3.63) is 34.1 Å². The van der Waals surface area contributed by atoms with Gasteiger partial charge in [-0.2, -0.15) is 0 Å². The highest BCUT2D eigenvalue weighted by Gasteiger charge is 2.25. The Morgan fingerprint density at radius 2 is 1.87 bits per heavy atom. The van der Waals surface area contributed by atoms with Gasteiger partial charge in [0.05, 0.1) is 0 Å². The van der Waals surface area contributed by atoms with Crippen LogP contribution in [0.4, 0.5) is 9.18 Å². The third-order valence-corrected chi connectivity index (χ3v) is 4.12. The summed E-state index contributed by atoms with van der Waals surface area (Å²) >= 11 is 3.31. The highest BCUT2D eigenvalue weighted by atomic mass is 79.9. The van der Waals surface area contributed by atoms with Crippen LogP contribution in [0.15, 0.2) is 22.7 Å². The summed E-state index contributed by atoms with van der Waals surface area (Å²) in [7, 11) is 0. The van der Waals surface area contributed by atoms with Crippen LogP contribution in [0.2, 0.25) is 0 Å². The topological polar surface area (TPSA) is 32.8 Å². The Hall–Kier alpha value is -1.14. The van der Waals surface area contributed by atoms with Gasteiger partial charge in [-0.1, -0.05) is 15.9 Å². The van der Waals surface area contributed by atoms with Gasteiger partial charge in [0, 0.05) is 37.2 Å². The summed E-state index contributed by atoms with van der Waals surface area (Å²) in [5.41, 5.74) is 0.519. The van der Waals surface area contributed by atoms with Crippen molar-refractivity contribution in [1.29, 1.82) is 0 Å². The molecule has 0 unspecified atom stereocenters. The molecule has 128 valence electrons. The van der Waals surface area contributed by atoms with E-state index in [-0.39, 0.29) is 11.9 Å². The first-order chi connectivity index (χ1) is 10.7. The van der Waals surface area contributed by atoms with Gasteiger partial charge in [-0.25, -0.2) is 9.18 Å². The van der Waals surface area contributed by atoms with E-state index >= 15 is 0 Å². The van der Waals surface area contributed by atoms with Crippen molar-refractivity contribution in [3.8, 4) is 0 Å². The second-order valence-corrected chi connectivity index (χ2v) is 7.75. The Bertz CT molecular complexity index is 532. The van der Waals surface area contributed by atoms with E-state index < -0.39 is 5.60 Å². The predicted molar refractivity (Wildman–Crippen MR) is 92.1 cm³/mol. The second-order valence-electron chi connectivity index (χ2n) is 6.84. The van der Waals surface area contributed by atoms with Crippen LogP contribution in [0, 0.1) is 5.82 Å². The molecule has 1 saturated heterocycles. The summed E-state index contributed by atoms with van der Waals surface area (Å²) in [5, 5.41) is 0. The van der Waals surface area contributed by atoms with Gasteiger partial charge in [0.1, 0.15) is 11.4 Å². The van der Waals surface area contributed by atoms with E-state index in [0.717, 1.165) is 36.1 Å². The zero-order valence-electron chi connectivity index (χ0n) is 13.9. The number of benzene rings is 1. The molecule has 2 rings (SSSR count). The van der Waals surface area contributed by atoms with E-state index in [2.05, 4.69) is 20.8 Å². The van der Waals surface area contributed by atoms with Crippen LogP contribution in [-0.4, -0.2) is 54.2 Å². The molecule has 0 bridgehead atoms. The maximum absolute atomic E-state index is 13.4. The zero-order valence-corrected chi connectivity index (χ0v) is 15.5. The number of rotatable bonds is 3. The number of nitrogens with zero attached hydrogens (tertiary/aromatic N) is 2. The molecule has 1 aliphatic heterocycles. The summed E-state index contributed by atoms with van der Waals surface area (Å²) in [6, 6.07) is 4.98. The first-order valence-corrected chi connectivity index (χ1v) is 8.67. The minimum absolute atomic E-state index is 0.218. The van der Waals surface area contributed by atoms with E-state index in [4.69, 9.17) is 4.74 Å². The van der Waals surface area contributed by atoms with E-state index in [1.165, 1.54) is 6.07 Å². The van der Waals surface area contributed by atoms with Gasteiger partial charge in [-0.15, -0.1) is 0 Å². The number of piperazine rings is 1. The molecule has 1 heterocycles. The number of carbonyl (C=O) groups excluding carboxylic acids is 1. The average Bonchev–Trinajstić information content (AvgIpc) is 2.43. The second kappa shape index (κ2) is 7.62. The van der Waals surface area contributed by atoms with Crippen LogP contribution < -0.4 is 0 Å². The van der Waals surface area contributed by atoms with Crippen LogP contribution in [-0.2, 0) is 11.2 Å². The number of hydrogen-bond acceptors (Lipinski definition) is 3. The van der Waals surface area contributed by atoms with Crippen molar-refractivity contribution in [1.82, 2.24) is 9.80 Å². The first kappa shape index (κ1) is 18.2. The molecule has 23 heavy (non-hydrogen) atoms. The molecule has 1 amide bonds. The SMILES string of the molecule is CC(C)(C)OC(=O)N1CCN(CCc2cc(F)cc(Br)c2)CC1. The number of hydrogen-bond donors (Lipinski definition) is 0. The smallest absolute Gasteiger partial charge is 0.410 e. The lowest BCUT2D eigenvalue weighted by Crippen LogP contribution is -2.50. The molecule has 1 aromatic carbocycles. The molecule has 0 radical (unpaired) electrons. The maximum Gasteiger partial charge on any atom is 0.410 e. The molecule has 1 fully saturated rings. The number of amides is 1. The summed E-state index contributed by atoms with van der Waals surface area (Å²) in [6.45, 7) is 9.45. The zero-order chi connectivity index (χ0) is 17.0. The normalized spacial score (nSPS) is 16.5. The molecular weight excluding hydrogens is 363 g/mol. The molecule has 0 saturated carbocycles. The van der Waals surface area contributed by atoms with Crippen molar-refractivity contribution in [2.75, 3.05) is 32.7 Å². The Morgan fingerprint density at radius 3 is 2.43 bits per heavy atom. The van der Waals surface area contributed by atoms with E-state index in [9.17, 15) is 9.18 Å². The fourth-order valence-corrected chi connectivity index (χ4v) is 3.04. The molecule has 0 aliphatic carbocycles. The molecule has 0 atom stereocenters. The van der Waals surface area contributed by atoms with Gasteiger partial charge < -0.3 is 9.64 Å². The summed E-state index contributed by atoms with van der Waals surface area (Å²) in [6.07, 6.45) is 0.550. The van der Waals surface area contributed by atoms with Crippen LogP contribution in [0.5, 0.6) is 0 Å². The molecule has 0 spiro atoms. The van der Waals surface area contributed by atoms with E-state index in [1.54, 1.807) is 11.0 Å². The highest BCUT2D eigenvalue weighted by Crippen LogP contribution is 2.16. The molecule has 6 heteroatoms. The van der Waals surface area contributed by atoms with Crippen molar-refractivity contribution >= 4 is 22.0 Å². The van der Waals surface area contributed by atoms with Gasteiger partial charge in [0.25, 0.3) is 0 Å². The summed E-state index contributed by atoms with van der Waals surface area (Å²) in [5.74, 6) is -0.218. The van der Waals surface area contributed by atoms with Gasteiger partial charge in [-0.05, 0) is 51.0 Å². The van der Waals surface area contributed by atoms with E-state index in [0.29, 0.717) is 13.1 Å². The van der Waals surface area contributed by atoms with E-state index in [1.807, 2.05) is 26.8 Å². The van der Waals surface area contributed by atoms with Crippen LogP contribution in [0.1, 0.15) is 26.3 Å². The fourth-order valence-electron chi connectivity index (χ4n) is 2.52. The van der Waals surface area contributed by atoms with Gasteiger partial charge >= 0.3 is 6.09 Å². The molecule has 1 aliphatic rings. The lowest BCUT2D eigenvalue weighted by atomic mass is 10.1. The third kappa shape index (κ3) is 6.11. The number of halogens is 2. The van der Waals surface area contributed by atoms with Crippen molar-refractivity contribution in [2.45, 2.75) is 32.8 Å². The molecule has 0 N–H and O–H groups in total. The lowest BCUT2D eigenvalue weighted by Gasteiger charge is -2.35. The van der Waals surface area contributed by atoms with Gasteiger partial charge in [-0.3, -0.25) is 4.90 Å². The Labute approximate surface area is 145 Å².